The number of carbonyl (C=O) groups excluding carboxylic acids is 1. The lowest BCUT2D eigenvalue weighted by molar-refractivity contribution is -0.112. The fraction of sp³-hybridized carbons (Fsp3) is 0.125. The number of aryl methyl sites for hydroxylation is 2. The van der Waals surface area contributed by atoms with Gasteiger partial charge < -0.3 is 4.42 Å². The number of anilines is 1. The van der Waals surface area contributed by atoms with Crippen LogP contribution in [0.15, 0.2) is 40.8 Å². The molecule has 0 saturated heterocycles. The van der Waals surface area contributed by atoms with E-state index in [1.165, 1.54) is 6.08 Å². The summed E-state index contributed by atoms with van der Waals surface area (Å²) in [7, 11) is 1.82. The number of rotatable bonds is 4. The summed E-state index contributed by atoms with van der Waals surface area (Å²) in [5.74, 6) is -0.161. The SMILES string of the molecule is Cc1cc(-c2nnc(NC(=O)/C=C/c3ccccc3Cl)o2)nn1C. The molecule has 2 heterocycles. The van der Waals surface area contributed by atoms with Gasteiger partial charge in [0.15, 0.2) is 0 Å². The zero-order valence-corrected chi connectivity index (χ0v) is 13.8. The molecule has 1 amide bonds. The third-order valence-corrected chi connectivity index (χ3v) is 3.65. The second-order valence-electron chi connectivity index (χ2n) is 5.05. The Labute approximate surface area is 143 Å². The van der Waals surface area contributed by atoms with Crippen LogP contribution in [-0.4, -0.2) is 25.9 Å². The molecular weight excluding hydrogens is 330 g/mol. The highest BCUT2D eigenvalue weighted by Crippen LogP contribution is 2.19. The van der Waals surface area contributed by atoms with Gasteiger partial charge in [0, 0.05) is 23.8 Å². The molecule has 0 saturated carbocycles. The molecule has 0 unspecified atom stereocenters. The number of nitrogens with zero attached hydrogens (tertiary/aromatic N) is 4. The average molecular weight is 344 g/mol. The zero-order valence-electron chi connectivity index (χ0n) is 13.0. The molecule has 0 aliphatic rings. The van der Waals surface area contributed by atoms with Crippen molar-refractivity contribution in [1.82, 2.24) is 20.0 Å². The minimum Gasteiger partial charge on any atom is -0.401 e. The second kappa shape index (κ2) is 6.67. The number of halogens is 1. The van der Waals surface area contributed by atoms with Crippen LogP contribution in [0.5, 0.6) is 0 Å². The number of hydrogen-bond donors (Lipinski definition) is 1. The smallest absolute Gasteiger partial charge is 0.322 e. The van der Waals surface area contributed by atoms with E-state index in [9.17, 15) is 4.79 Å². The molecule has 0 atom stereocenters. The molecule has 0 radical (unpaired) electrons. The van der Waals surface area contributed by atoms with E-state index in [0.29, 0.717) is 10.7 Å². The fourth-order valence-electron chi connectivity index (χ4n) is 1.97. The quantitative estimate of drug-likeness (QED) is 0.736. The lowest BCUT2D eigenvalue weighted by Gasteiger charge is -1.97. The van der Waals surface area contributed by atoms with Gasteiger partial charge in [0.05, 0.1) is 0 Å². The molecule has 0 bridgehead atoms. The normalized spacial score (nSPS) is 11.1. The van der Waals surface area contributed by atoms with Crippen molar-refractivity contribution in [3.8, 4) is 11.6 Å². The number of hydrogen-bond acceptors (Lipinski definition) is 5. The number of carbonyl (C=O) groups is 1. The Morgan fingerprint density at radius 3 is 2.83 bits per heavy atom. The Bertz CT molecular complexity index is 893. The molecule has 24 heavy (non-hydrogen) atoms. The lowest BCUT2D eigenvalue weighted by atomic mass is 10.2. The highest BCUT2D eigenvalue weighted by Gasteiger charge is 2.13. The number of amides is 1. The first-order valence-electron chi connectivity index (χ1n) is 7.11. The summed E-state index contributed by atoms with van der Waals surface area (Å²) in [4.78, 5) is 11.9. The maximum Gasteiger partial charge on any atom is 0.322 e. The van der Waals surface area contributed by atoms with E-state index in [1.807, 2.05) is 32.2 Å². The molecule has 8 heteroatoms. The van der Waals surface area contributed by atoms with Crippen molar-refractivity contribution in [3.63, 3.8) is 0 Å². The van der Waals surface area contributed by atoms with Gasteiger partial charge in [0.25, 0.3) is 11.8 Å². The first-order chi connectivity index (χ1) is 11.5. The summed E-state index contributed by atoms with van der Waals surface area (Å²) in [6.45, 7) is 1.91. The summed E-state index contributed by atoms with van der Waals surface area (Å²) in [6, 6.07) is 9.03. The van der Waals surface area contributed by atoms with E-state index in [-0.39, 0.29) is 11.9 Å². The average Bonchev–Trinajstić information content (AvgIpc) is 3.14. The minimum atomic E-state index is -0.401. The van der Waals surface area contributed by atoms with Crippen LogP contribution >= 0.6 is 11.6 Å². The van der Waals surface area contributed by atoms with Crippen LogP contribution in [-0.2, 0) is 11.8 Å². The lowest BCUT2D eigenvalue weighted by Crippen LogP contribution is -2.07. The fourth-order valence-corrected chi connectivity index (χ4v) is 2.16. The largest absolute Gasteiger partial charge is 0.401 e. The first kappa shape index (κ1) is 15.9. The molecule has 3 rings (SSSR count). The number of aromatic nitrogens is 4. The summed E-state index contributed by atoms with van der Waals surface area (Å²) >= 11 is 6.02. The van der Waals surface area contributed by atoms with Crippen LogP contribution in [0.3, 0.4) is 0 Å². The topological polar surface area (TPSA) is 85.8 Å². The molecule has 2 aromatic heterocycles. The molecular formula is C16H14ClN5O2. The van der Waals surface area contributed by atoms with E-state index < -0.39 is 5.91 Å². The van der Waals surface area contributed by atoms with Gasteiger partial charge in [-0.1, -0.05) is 34.9 Å². The van der Waals surface area contributed by atoms with Crippen molar-refractivity contribution in [3.05, 3.63) is 52.7 Å². The predicted molar refractivity (Wildman–Crippen MR) is 90.4 cm³/mol. The zero-order chi connectivity index (χ0) is 17.1. The van der Waals surface area contributed by atoms with Crippen LogP contribution in [0.2, 0.25) is 5.02 Å². The Balaban J connectivity index is 1.68. The van der Waals surface area contributed by atoms with Crippen LogP contribution < -0.4 is 5.32 Å². The Morgan fingerprint density at radius 2 is 2.12 bits per heavy atom. The standard InChI is InChI=1S/C16H14ClN5O2/c1-10-9-13(21-22(10)2)15-19-20-16(24-15)18-14(23)8-7-11-5-3-4-6-12(11)17/h3-9H,1-2H3,(H,18,20,23)/b8-7+. The summed E-state index contributed by atoms with van der Waals surface area (Å²) in [5, 5.41) is 15.0. The van der Waals surface area contributed by atoms with Gasteiger partial charge in [-0.25, -0.2) is 0 Å². The molecule has 1 aromatic carbocycles. The predicted octanol–water partition coefficient (Wildman–Crippen LogP) is 3.08. The minimum absolute atomic E-state index is 0.00196. The van der Waals surface area contributed by atoms with Gasteiger partial charge in [-0.3, -0.25) is 14.8 Å². The van der Waals surface area contributed by atoms with Gasteiger partial charge in [0.1, 0.15) is 5.69 Å². The van der Waals surface area contributed by atoms with E-state index in [4.69, 9.17) is 16.0 Å². The van der Waals surface area contributed by atoms with Crippen molar-refractivity contribution < 1.29 is 9.21 Å². The molecule has 0 aliphatic heterocycles. The summed E-state index contributed by atoms with van der Waals surface area (Å²) in [5.41, 5.74) is 2.25. The van der Waals surface area contributed by atoms with E-state index in [0.717, 1.165) is 11.3 Å². The van der Waals surface area contributed by atoms with Crippen LogP contribution in [0, 0.1) is 6.92 Å². The molecule has 0 aliphatic carbocycles. The third kappa shape index (κ3) is 3.52. The van der Waals surface area contributed by atoms with Crippen LogP contribution in [0.25, 0.3) is 17.7 Å². The van der Waals surface area contributed by atoms with Crippen molar-refractivity contribution in [2.75, 3.05) is 5.32 Å². The third-order valence-electron chi connectivity index (χ3n) is 3.31. The highest BCUT2D eigenvalue weighted by atomic mass is 35.5. The number of benzene rings is 1. The van der Waals surface area contributed by atoms with Gasteiger partial charge in [-0.05, 0) is 30.7 Å². The summed E-state index contributed by atoms with van der Waals surface area (Å²) in [6.07, 6.45) is 2.95. The molecule has 122 valence electrons. The monoisotopic (exact) mass is 343 g/mol. The van der Waals surface area contributed by atoms with Crippen LogP contribution in [0.1, 0.15) is 11.3 Å². The molecule has 0 spiro atoms. The Kier molecular flexibility index (Phi) is 4.43. The maximum absolute atomic E-state index is 11.9. The van der Waals surface area contributed by atoms with Crippen molar-refractivity contribution in [2.24, 2.45) is 7.05 Å². The summed E-state index contributed by atoms with van der Waals surface area (Å²) < 4.78 is 7.09. The van der Waals surface area contributed by atoms with Crippen LogP contribution in [0.4, 0.5) is 6.01 Å². The van der Waals surface area contributed by atoms with Gasteiger partial charge in [-0.15, -0.1) is 5.10 Å². The molecule has 3 aromatic rings. The molecule has 7 nitrogen and oxygen atoms in total. The van der Waals surface area contributed by atoms with E-state index in [2.05, 4.69) is 20.6 Å². The van der Waals surface area contributed by atoms with Gasteiger partial charge in [-0.2, -0.15) is 5.10 Å². The highest BCUT2D eigenvalue weighted by molar-refractivity contribution is 6.32. The molecule has 1 N–H and O–H groups in total. The van der Waals surface area contributed by atoms with Gasteiger partial charge in [0.2, 0.25) is 0 Å². The van der Waals surface area contributed by atoms with Gasteiger partial charge >= 0.3 is 6.01 Å². The maximum atomic E-state index is 11.9. The van der Waals surface area contributed by atoms with E-state index in [1.54, 1.807) is 22.9 Å². The molecule has 0 fully saturated rings. The van der Waals surface area contributed by atoms with Crippen molar-refractivity contribution >= 4 is 29.6 Å². The first-order valence-corrected chi connectivity index (χ1v) is 7.49. The van der Waals surface area contributed by atoms with Crippen molar-refractivity contribution in [1.29, 1.82) is 0 Å². The Hall–Kier alpha value is -2.93. The Morgan fingerprint density at radius 1 is 1.33 bits per heavy atom. The number of nitrogens with one attached hydrogen (secondary N) is 1. The van der Waals surface area contributed by atoms with Crippen molar-refractivity contribution in [2.45, 2.75) is 6.92 Å². The second-order valence-corrected chi connectivity index (χ2v) is 5.46. The van der Waals surface area contributed by atoms with E-state index >= 15 is 0 Å².